The van der Waals surface area contributed by atoms with Gasteiger partial charge in [0, 0.05) is 0 Å². The van der Waals surface area contributed by atoms with Gasteiger partial charge in [-0.05, 0) is 43.9 Å². The van der Waals surface area contributed by atoms with Crippen molar-refractivity contribution in [3.63, 3.8) is 0 Å². The molecule has 0 rings (SSSR count). The fourth-order valence-electron chi connectivity index (χ4n) is 4.06. The largest absolute Gasteiger partial charge is 0.394 e. The highest BCUT2D eigenvalue weighted by Gasteiger charge is 2.29. The Labute approximate surface area is 203 Å². The monoisotopic (exact) mass is 474 g/mol. The molecule has 6 atom stereocenters. The highest BCUT2D eigenvalue weighted by Crippen LogP contribution is 2.22. The number of aliphatic hydroxyl groups excluding tert-OH is 5. The van der Waals surface area contributed by atoms with Crippen LogP contribution in [0.3, 0.4) is 0 Å². The average Bonchev–Trinajstić information content (AvgIpc) is 2.76. The van der Waals surface area contributed by atoms with Crippen molar-refractivity contribution < 1.29 is 30.3 Å². The van der Waals surface area contributed by atoms with Crippen molar-refractivity contribution in [2.75, 3.05) is 19.8 Å². The maximum absolute atomic E-state index is 9.82. The van der Waals surface area contributed by atoms with Gasteiger partial charge in [0.1, 0.15) is 24.4 Å². The quantitative estimate of drug-likeness (QED) is 0.126. The summed E-state index contributed by atoms with van der Waals surface area (Å²) in [5.41, 5.74) is 1.34. The minimum Gasteiger partial charge on any atom is -0.394 e. The topological polar surface area (TPSA) is 110 Å². The standard InChI is InChI=1S/C27H54O6/c1-20(2)10-6-11-21(3)12-7-13-22(4)14-8-15-23(5)16-9-17-33-19-25(30)27(32)26(31)24(29)18-28/h16,20-22,24-32H,6-15,17-19H2,1-5H3/t21?,22?,24-,25-,26-,27-/m1/s1. The second kappa shape index (κ2) is 19.8. The predicted octanol–water partition coefficient (Wildman–Crippen LogP) is 4.21. The van der Waals surface area contributed by atoms with E-state index in [1.54, 1.807) is 0 Å². The first-order chi connectivity index (χ1) is 15.6. The minimum atomic E-state index is -1.61. The van der Waals surface area contributed by atoms with Crippen LogP contribution in [0, 0.1) is 17.8 Å². The van der Waals surface area contributed by atoms with Crippen molar-refractivity contribution in [2.45, 2.75) is 123 Å². The molecule has 0 saturated heterocycles. The SMILES string of the molecule is CC(=CCCOC[C@@H](O)[C@@H](O)[C@H](O)[C@H](O)CO)CCCC(C)CCCC(C)CCCC(C)C. The molecule has 6 nitrogen and oxygen atoms in total. The summed E-state index contributed by atoms with van der Waals surface area (Å²) in [6.07, 6.45) is 8.52. The molecule has 0 spiro atoms. The lowest BCUT2D eigenvalue weighted by Crippen LogP contribution is -2.47. The molecule has 0 saturated carbocycles. The van der Waals surface area contributed by atoms with Gasteiger partial charge in [-0.3, -0.25) is 0 Å². The second-order valence-corrected chi connectivity index (χ2v) is 10.6. The van der Waals surface area contributed by atoms with E-state index in [-0.39, 0.29) is 6.61 Å². The van der Waals surface area contributed by atoms with Crippen LogP contribution >= 0.6 is 0 Å². The van der Waals surface area contributed by atoms with E-state index in [9.17, 15) is 20.4 Å². The Kier molecular flexibility index (Phi) is 19.5. The number of allylic oxidation sites excluding steroid dienone is 1. The van der Waals surface area contributed by atoms with E-state index in [2.05, 4.69) is 40.7 Å². The molecular formula is C27H54O6. The lowest BCUT2D eigenvalue weighted by molar-refractivity contribution is -0.128. The van der Waals surface area contributed by atoms with E-state index in [1.165, 1.54) is 56.9 Å². The Morgan fingerprint density at radius 2 is 1.27 bits per heavy atom. The van der Waals surface area contributed by atoms with Crippen LogP contribution < -0.4 is 0 Å². The molecule has 0 aliphatic rings. The zero-order valence-electron chi connectivity index (χ0n) is 22.0. The number of hydrogen-bond acceptors (Lipinski definition) is 6. The molecule has 0 aromatic heterocycles. The first-order valence-electron chi connectivity index (χ1n) is 13.1. The molecule has 0 bridgehead atoms. The van der Waals surface area contributed by atoms with Crippen molar-refractivity contribution >= 4 is 0 Å². The third kappa shape index (κ3) is 17.6. The molecule has 198 valence electrons. The maximum Gasteiger partial charge on any atom is 0.111 e. The summed E-state index contributed by atoms with van der Waals surface area (Å²) in [6.45, 7) is 11.1. The summed E-state index contributed by atoms with van der Waals surface area (Å²) in [5.74, 6) is 2.45. The summed E-state index contributed by atoms with van der Waals surface area (Å²) in [4.78, 5) is 0. The summed E-state index contributed by atoms with van der Waals surface area (Å²) in [6, 6.07) is 0. The van der Waals surface area contributed by atoms with Gasteiger partial charge in [-0.25, -0.2) is 0 Å². The molecule has 0 amide bonds. The van der Waals surface area contributed by atoms with Crippen molar-refractivity contribution in [3.8, 4) is 0 Å². The number of ether oxygens (including phenoxy) is 1. The Morgan fingerprint density at radius 3 is 1.82 bits per heavy atom. The van der Waals surface area contributed by atoms with Gasteiger partial charge >= 0.3 is 0 Å². The molecule has 0 aromatic rings. The third-order valence-electron chi connectivity index (χ3n) is 6.51. The molecule has 0 fully saturated rings. The highest BCUT2D eigenvalue weighted by molar-refractivity contribution is 4.97. The maximum atomic E-state index is 9.82. The Morgan fingerprint density at radius 1 is 0.758 bits per heavy atom. The number of rotatable bonds is 21. The summed E-state index contributed by atoms with van der Waals surface area (Å²) in [7, 11) is 0. The first-order valence-corrected chi connectivity index (χ1v) is 13.1. The van der Waals surface area contributed by atoms with Gasteiger partial charge in [0.15, 0.2) is 0 Å². The fourth-order valence-corrected chi connectivity index (χ4v) is 4.06. The van der Waals surface area contributed by atoms with Crippen LogP contribution in [-0.2, 0) is 4.74 Å². The van der Waals surface area contributed by atoms with Crippen molar-refractivity contribution in [3.05, 3.63) is 11.6 Å². The number of aliphatic hydroxyl groups is 5. The van der Waals surface area contributed by atoms with Crippen LogP contribution in [0.15, 0.2) is 11.6 Å². The predicted molar refractivity (Wildman–Crippen MR) is 135 cm³/mol. The Balaban J connectivity index is 3.82. The highest BCUT2D eigenvalue weighted by atomic mass is 16.5. The van der Waals surface area contributed by atoms with Crippen LogP contribution in [0.1, 0.15) is 98.8 Å². The molecule has 5 N–H and O–H groups in total. The van der Waals surface area contributed by atoms with Crippen LogP contribution in [-0.4, -0.2) is 69.8 Å². The third-order valence-corrected chi connectivity index (χ3v) is 6.51. The zero-order chi connectivity index (χ0) is 25.2. The van der Waals surface area contributed by atoms with E-state index in [4.69, 9.17) is 9.84 Å². The van der Waals surface area contributed by atoms with Crippen LogP contribution in [0.4, 0.5) is 0 Å². The lowest BCUT2D eigenvalue weighted by Gasteiger charge is -2.25. The Bertz CT molecular complexity index is 481. The van der Waals surface area contributed by atoms with E-state index < -0.39 is 31.0 Å². The normalized spacial score (nSPS) is 18.2. The van der Waals surface area contributed by atoms with Crippen molar-refractivity contribution in [2.24, 2.45) is 17.8 Å². The molecular weight excluding hydrogens is 420 g/mol. The molecule has 0 aliphatic heterocycles. The molecule has 0 aliphatic carbocycles. The van der Waals surface area contributed by atoms with Crippen molar-refractivity contribution in [1.82, 2.24) is 0 Å². The summed E-state index contributed by atoms with van der Waals surface area (Å²) >= 11 is 0. The Hall–Kier alpha value is -0.500. The molecule has 0 radical (unpaired) electrons. The lowest BCUT2D eigenvalue weighted by atomic mass is 9.91. The molecule has 6 heteroatoms. The van der Waals surface area contributed by atoms with Gasteiger partial charge in [0.2, 0.25) is 0 Å². The van der Waals surface area contributed by atoms with Gasteiger partial charge in [0.05, 0.1) is 19.8 Å². The van der Waals surface area contributed by atoms with Crippen LogP contribution in [0.5, 0.6) is 0 Å². The smallest absolute Gasteiger partial charge is 0.111 e. The fraction of sp³-hybridized carbons (Fsp3) is 0.926. The zero-order valence-corrected chi connectivity index (χ0v) is 22.0. The molecule has 0 heterocycles. The van der Waals surface area contributed by atoms with Gasteiger partial charge in [-0.1, -0.05) is 84.3 Å². The van der Waals surface area contributed by atoms with Crippen LogP contribution in [0.25, 0.3) is 0 Å². The van der Waals surface area contributed by atoms with E-state index >= 15 is 0 Å². The average molecular weight is 475 g/mol. The van der Waals surface area contributed by atoms with Crippen LogP contribution in [0.2, 0.25) is 0 Å². The van der Waals surface area contributed by atoms with Crippen molar-refractivity contribution in [1.29, 1.82) is 0 Å². The van der Waals surface area contributed by atoms with Gasteiger partial charge < -0.3 is 30.3 Å². The van der Waals surface area contributed by atoms with Gasteiger partial charge in [-0.15, -0.1) is 0 Å². The molecule has 33 heavy (non-hydrogen) atoms. The summed E-state index contributed by atoms with van der Waals surface area (Å²) < 4.78 is 5.36. The van der Waals surface area contributed by atoms with Gasteiger partial charge in [0.25, 0.3) is 0 Å². The molecule has 2 unspecified atom stereocenters. The summed E-state index contributed by atoms with van der Waals surface area (Å²) in [5, 5.41) is 47.2. The second-order valence-electron chi connectivity index (χ2n) is 10.6. The first kappa shape index (κ1) is 32.5. The number of hydrogen-bond donors (Lipinski definition) is 5. The van der Waals surface area contributed by atoms with E-state index in [1.807, 2.05) is 0 Å². The molecule has 0 aromatic carbocycles. The van der Waals surface area contributed by atoms with Gasteiger partial charge in [-0.2, -0.15) is 0 Å². The van der Waals surface area contributed by atoms with E-state index in [0.29, 0.717) is 6.61 Å². The minimum absolute atomic E-state index is 0.142. The van der Waals surface area contributed by atoms with E-state index in [0.717, 1.165) is 30.6 Å².